The van der Waals surface area contributed by atoms with Crippen molar-refractivity contribution in [3.8, 4) is 11.5 Å². The van der Waals surface area contributed by atoms with Crippen LogP contribution in [0.5, 0.6) is 11.5 Å². The Bertz CT molecular complexity index is 824. The van der Waals surface area contributed by atoms with Crippen LogP contribution in [0.25, 0.3) is 0 Å². The third kappa shape index (κ3) is 5.28. The number of halogens is 2. The van der Waals surface area contributed by atoms with E-state index in [0.29, 0.717) is 6.54 Å². The van der Waals surface area contributed by atoms with E-state index in [0.717, 1.165) is 29.2 Å². The molecule has 0 spiro atoms. The fourth-order valence-electron chi connectivity index (χ4n) is 3.60. The molecule has 4 nitrogen and oxygen atoms in total. The molecule has 4 rings (SSSR count). The van der Waals surface area contributed by atoms with Crippen molar-refractivity contribution < 1.29 is 18.3 Å². The summed E-state index contributed by atoms with van der Waals surface area (Å²) < 4.78 is 31.7. The highest BCUT2D eigenvalue weighted by Crippen LogP contribution is 2.37. The lowest BCUT2D eigenvalue weighted by molar-refractivity contribution is -0.121. The average molecular weight is 419 g/mol. The topological polar surface area (TPSA) is 50.4 Å². The van der Waals surface area contributed by atoms with Crippen molar-refractivity contribution in [2.45, 2.75) is 42.5 Å². The van der Waals surface area contributed by atoms with Gasteiger partial charge in [0.05, 0.1) is 0 Å². The van der Waals surface area contributed by atoms with E-state index in [1.54, 1.807) is 11.8 Å². The van der Waals surface area contributed by atoms with Gasteiger partial charge >= 0.3 is 0 Å². The number of nitrogens with one attached hydrogen (secondary N) is 2. The van der Waals surface area contributed by atoms with Crippen LogP contribution in [0.4, 0.5) is 8.78 Å². The summed E-state index contributed by atoms with van der Waals surface area (Å²) in [5, 5.41) is 5.94. The molecule has 7 heteroatoms. The average Bonchev–Trinajstić information content (AvgIpc) is 2.87. The fraction of sp³-hybridized carbons (Fsp3) is 0.409. The number of hydrogen-bond acceptors (Lipinski definition) is 4. The zero-order valence-corrected chi connectivity index (χ0v) is 16.8. The first kappa shape index (κ1) is 20.2. The highest BCUT2D eigenvalue weighted by molar-refractivity contribution is 8.00. The Kier molecular flexibility index (Phi) is 6.06. The van der Waals surface area contributed by atoms with Gasteiger partial charge in [-0.2, -0.15) is 0 Å². The minimum Gasteiger partial charge on any atom is -0.457 e. The number of carbonyl (C=O) groups excluding carboxylic acids is 1. The van der Waals surface area contributed by atoms with Gasteiger partial charge in [-0.05, 0) is 42.0 Å². The second-order valence-electron chi connectivity index (χ2n) is 7.60. The van der Waals surface area contributed by atoms with Gasteiger partial charge < -0.3 is 15.4 Å². The van der Waals surface area contributed by atoms with Crippen molar-refractivity contribution in [1.29, 1.82) is 0 Å². The molecule has 0 aromatic heterocycles. The molecule has 0 radical (unpaired) electrons. The summed E-state index contributed by atoms with van der Waals surface area (Å²) in [5.74, 6) is -0.240. The van der Waals surface area contributed by atoms with Crippen LogP contribution in [0.2, 0.25) is 0 Å². The molecule has 2 aliphatic rings. The molecule has 2 N–H and O–H groups in total. The third-order valence-electron chi connectivity index (χ3n) is 5.24. The molecule has 2 aromatic carbocycles. The maximum absolute atomic E-state index is 12.9. The number of rotatable bonds is 6. The lowest BCUT2D eigenvalue weighted by atomic mass is 9.88. The van der Waals surface area contributed by atoms with E-state index in [4.69, 9.17) is 4.74 Å². The van der Waals surface area contributed by atoms with Crippen molar-refractivity contribution in [3.63, 3.8) is 0 Å². The van der Waals surface area contributed by atoms with Crippen LogP contribution in [0.3, 0.4) is 0 Å². The largest absolute Gasteiger partial charge is 0.457 e. The Labute approximate surface area is 173 Å². The van der Waals surface area contributed by atoms with E-state index in [2.05, 4.69) is 10.6 Å². The molecule has 1 saturated heterocycles. The molecule has 1 amide bonds. The van der Waals surface area contributed by atoms with Crippen LogP contribution in [-0.2, 0) is 4.79 Å². The lowest BCUT2D eigenvalue weighted by Gasteiger charge is -2.36. The molecule has 1 heterocycles. The highest BCUT2D eigenvalue weighted by Gasteiger charge is 2.45. The van der Waals surface area contributed by atoms with Gasteiger partial charge in [-0.1, -0.05) is 30.3 Å². The summed E-state index contributed by atoms with van der Waals surface area (Å²) in [6, 6.07) is 16.9. The van der Waals surface area contributed by atoms with E-state index in [-0.39, 0.29) is 36.1 Å². The number of hydrogen-bond donors (Lipinski definition) is 2. The van der Waals surface area contributed by atoms with Gasteiger partial charge in [0.25, 0.3) is 5.92 Å². The number of thioether (sulfide) groups is 1. The quantitative estimate of drug-likeness (QED) is 0.724. The Hall–Kier alpha value is -2.12. The smallest absolute Gasteiger partial charge is 0.251 e. The van der Waals surface area contributed by atoms with E-state index >= 15 is 0 Å². The van der Waals surface area contributed by atoms with Gasteiger partial charge in [0.2, 0.25) is 5.91 Å². The zero-order valence-electron chi connectivity index (χ0n) is 15.9. The van der Waals surface area contributed by atoms with Crippen LogP contribution in [0.15, 0.2) is 54.6 Å². The van der Waals surface area contributed by atoms with Crippen molar-refractivity contribution in [2.24, 2.45) is 0 Å². The zero-order chi connectivity index (χ0) is 20.3. The van der Waals surface area contributed by atoms with Crippen molar-refractivity contribution in [2.75, 3.05) is 12.3 Å². The molecule has 1 aliphatic carbocycles. The Morgan fingerprint density at radius 2 is 1.76 bits per heavy atom. The molecule has 1 saturated carbocycles. The number of benzene rings is 2. The van der Waals surface area contributed by atoms with Crippen LogP contribution in [0, 0.1) is 0 Å². The minimum atomic E-state index is -2.53. The van der Waals surface area contributed by atoms with Crippen LogP contribution >= 0.6 is 11.8 Å². The molecule has 154 valence electrons. The molecule has 29 heavy (non-hydrogen) atoms. The normalized spacial score (nSPS) is 24.3. The van der Waals surface area contributed by atoms with Gasteiger partial charge in [-0.3, -0.25) is 4.79 Å². The van der Waals surface area contributed by atoms with Gasteiger partial charge in [0.1, 0.15) is 16.7 Å². The van der Waals surface area contributed by atoms with Crippen LogP contribution < -0.4 is 15.4 Å². The minimum absolute atomic E-state index is 0.0324. The van der Waals surface area contributed by atoms with Gasteiger partial charge in [0, 0.05) is 31.5 Å². The Morgan fingerprint density at radius 3 is 2.45 bits per heavy atom. The van der Waals surface area contributed by atoms with E-state index in [1.165, 1.54) is 0 Å². The third-order valence-corrected chi connectivity index (χ3v) is 6.53. The van der Waals surface area contributed by atoms with E-state index in [1.807, 2.05) is 54.6 Å². The maximum atomic E-state index is 12.9. The Morgan fingerprint density at radius 1 is 1.07 bits per heavy atom. The molecule has 2 atom stereocenters. The highest BCUT2D eigenvalue weighted by atomic mass is 32.2. The standard InChI is InChI=1S/C22H24F2N2O2S/c23-22(24)12-17(13-22)25-14-16-10-11-29-20(21(27)26-16)15-6-8-19(9-7-15)28-18-4-2-1-3-5-18/h1-9,16-17,20,25H,10-14H2,(H,26,27)/t16-,20+/m0/s1. The molecular formula is C22H24F2N2O2S. The van der Waals surface area contributed by atoms with Gasteiger partial charge in [-0.15, -0.1) is 11.8 Å². The number of para-hydroxylation sites is 1. The van der Waals surface area contributed by atoms with E-state index in [9.17, 15) is 13.6 Å². The Balaban J connectivity index is 1.31. The second-order valence-corrected chi connectivity index (χ2v) is 8.81. The number of amides is 1. The number of ether oxygens (including phenoxy) is 1. The molecule has 0 unspecified atom stereocenters. The first-order valence-corrected chi connectivity index (χ1v) is 10.9. The first-order chi connectivity index (χ1) is 14.0. The van der Waals surface area contributed by atoms with Crippen molar-refractivity contribution in [3.05, 3.63) is 60.2 Å². The first-order valence-electron chi connectivity index (χ1n) is 9.85. The number of carbonyl (C=O) groups is 1. The molecule has 2 aromatic rings. The van der Waals surface area contributed by atoms with Gasteiger partial charge in [0.15, 0.2) is 0 Å². The summed E-state index contributed by atoms with van der Waals surface area (Å²) in [4.78, 5) is 12.7. The molecule has 0 bridgehead atoms. The lowest BCUT2D eigenvalue weighted by Crippen LogP contribution is -2.52. The molecular weight excluding hydrogens is 394 g/mol. The second kappa shape index (κ2) is 8.71. The van der Waals surface area contributed by atoms with Crippen molar-refractivity contribution >= 4 is 17.7 Å². The monoisotopic (exact) mass is 418 g/mol. The summed E-state index contributed by atoms with van der Waals surface area (Å²) in [6.07, 6.45) is 0.600. The molecule has 1 aliphatic heterocycles. The predicted octanol–water partition coefficient (Wildman–Crippen LogP) is 4.53. The van der Waals surface area contributed by atoms with Gasteiger partial charge in [-0.25, -0.2) is 8.78 Å². The van der Waals surface area contributed by atoms with Crippen LogP contribution in [-0.4, -0.2) is 36.2 Å². The summed E-state index contributed by atoms with van der Waals surface area (Å²) >= 11 is 1.61. The van der Waals surface area contributed by atoms with Crippen LogP contribution in [0.1, 0.15) is 30.1 Å². The summed E-state index contributed by atoms with van der Waals surface area (Å²) in [5.41, 5.74) is 0.931. The summed E-state index contributed by atoms with van der Waals surface area (Å²) in [7, 11) is 0. The van der Waals surface area contributed by atoms with E-state index < -0.39 is 5.92 Å². The van der Waals surface area contributed by atoms with Crippen molar-refractivity contribution in [1.82, 2.24) is 10.6 Å². The SMILES string of the molecule is O=C1N[C@H](CNC2CC(F)(F)C2)CCS[C@@H]1c1ccc(Oc2ccccc2)cc1. The maximum Gasteiger partial charge on any atom is 0.251 e. The molecule has 2 fully saturated rings. The number of alkyl halides is 2. The fourth-order valence-corrected chi connectivity index (χ4v) is 4.83. The summed E-state index contributed by atoms with van der Waals surface area (Å²) in [6.45, 7) is 0.531. The predicted molar refractivity (Wildman–Crippen MR) is 111 cm³/mol.